The summed E-state index contributed by atoms with van der Waals surface area (Å²) >= 11 is 1.39. The number of carbonyl (C=O) groups is 1. The number of furan rings is 1. The highest BCUT2D eigenvalue weighted by molar-refractivity contribution is 8.15. The predicted molar refractivity (Wildman–Crippen MR) is 123 cm³/mol. The van der Waals surface area contributed by atoms with E-state index in [1.807, 2.05) is 30.3 Å². The van der Waals surface area contributed by atoms with E-state index in [0.29, 0.717) is 35.2 Å². The van der Waals surface area contributed by atoms with Crippen molar-refractivity contribution in [2.75, 3.05) is 6.54 Å². The number of amides is 1. The smallest absolute Gasteiger partial charge is 0.242 e. The lowest BCUT2D eigenvalue weighted by Crippen LogP contribution is -2.32. The van der Waals surface area contributed by atoms with Gasteiger partial charge < -0.3 is 4.42 Å². The zero-order valence-corrected chi connectivity index (χ0v) is 17.5. The third-order valence-corrected chi connectivity index (χ3v) is 5.86. The minimum atomic E-state index is -0.356. The molecular weight excluding hydrogens is 413 g/mol. The average molecular weight is 434 g/mol. The summed E-state index contributed by atoms with van der Waals surface area (Å²) in [5.74, 6) is 0.482. The lowest BCUT2D eigenvalue weighted by molar-refractivity contribution is -0.125. The summed E-state index contributed by atoms with van der Waals surface area (Å²) in [6, 6.07) is 19.6. The van der Waals surface area contributed by atoms with Crippen molar-refractivity contribution in [1.82, 2.24) is 4.90 Å². The molecule has 156 valence electrons. The summed E-state index contributed by atoms with van der Waals surface area (Å²) in [4.78, 5) is 14.4. The molecule has 1 unspecified atom stereocenters. The Kier molecular flexibility index (Phi) is 6.43. The van der Waals surface area contributed by atoms with Crippen LogP contribution in [0, 0.1) is 5.82 Å². The molecule has 1 aliphatic rings. The van der Waals surface area contributed by atoms with E-state index in [-0.39, 0.29) is 17.0 Å². The van der Waals surface area contributed by atoms with E-state index < -0.39 is 0 Å². The van der Waals surface area contributed by atoms with Gasteiger partial charge in [0, 0.05) is 6.54 Å². The maximum atomic E-state index is 13.9. The SMILES string of the molecule is C=CCN1C(=O)C(Cc2ccccc2)SC1=NN=Cc1ccc(-c2ccccc2F)o1. The van der Waals surface area contributed by atoms with Gasteiger partial charge in [0.05, 0.1) is 17.0 Å². The highest BCUT2D eigenvalue weighted by atomic mass is 32.2. The molecule has 0 spiro atoms. The normalized spacial score (nSPS) is 17.7. The van der Waals surface area contributed by atoms with Crippen molar-refractivity contribution in [1.29, 1.82) is 0 Å². The van der Waals surface area contributed by atoms with E-state index in [1.165, 1.54) is 24.0 Å². The Hall–Kier alpha value is -3.45. The number of amidine groups is 1. The lowest BCUT2D eigenvalue weighted by atomic mass is 10.1. The van der Waals surface area contributed by atoms with Crippen molar-refractivity contribution in [3.63, 3.8) is 0 Å². The van der Waals surface area contributed by atoms with Crippen LogP contribution in [-0.4, -0.2) is 34.0 Å². The second-order valence-corrected chi connectivity index (χ2v) is 8.01. The average Bonchev–Trinajstić information content (AvgIpc) is 3.36. The molecule has 0 aliphatic carbocycles. The van der Waals surface area contributed by atoms with Crippen molar-refractivity contribution >= 4 is 29.1 Å². The molecule has 1 atom stereocenters. The van der Waals surface area contributed by atoms with Crippen molar-refractivity contribution in [2.24, 2.45) is 10.2 Å². The van der Waals surface area contributed by atoms with Gasteiger partial charge in [-0.15, -0.1) is 11.7 Å². The van der Waals surface area contributed by atoms with Gasteiger partial charge in [-0.1, -0.05) is 60.3 Å². The van der Waals surface area contributed by atoms with Crippen molar-refractivity contribution in [3.05, 3.63) is 96.5 Å². The van der Waals surface area contributed by atoms with E-state index in [2.05, 4.69) is 16.8 Å². The molecular formula is C24H20FN3O2S. The van der Waals surface area contributed by atoms with Gasteiger partial charge in [-0.25, -0.2) is 4.39 Å². The van der Waals surface area contributed by atoms with Gasteiger partial charge in [-0.05, 0) is 36.2 Å². The van der Waals surface area contributed by atoms with Crippen LogP contribution < -0.4 is 0 Å². The topological polar surface area (TPSA) is 58.2 Å². The van der Waals surface area contributed by atoms with Gasteiger partial charge in [0.1, 0.15) is 17.3 Å². The summed E-state index contributed by atoms with van der Waals surface area (Å²) in [6.07, 6.45) is 3.72. The summed E-state index contributed by atoms with van der Waals surface area (Å²) in [6.45, 7) is 4.09. The van der Waals surface area contributed by atoms with Crippen LogP contribution in [0.3, 0.4) is 0 Å². The van der Waals surface area contributed by atoms with Crippen LogP contribution in [-0.2, 0) is 11.2 Å². The molecule has 1 aromatic heterocycles. The zero-order valence-electron chi connectivity index (χ0n) is 16.6. The minimum absolute atomic E-state index is 0.0115. The van der Waals surface area contributed by atoms with Crippen LogP contribution in [0.15, 0.2) is 94.0 Å². The van der Waals surface area contributed by atoms with E-state index in [4.69, 9.17) is 4.42 Å². The van der Waals surface area contributed by atoms with Crippen LogP contribution in [0.2, 0.25) is 0 Å². The summed E-state index contributed by atoms with van der Waals surface area (Å²) in [5.41, 5.74) is 1.47. The number of rotatable bonds is 7. The molecule has 1 saturated heterocycles. The first-order valence-corrected chi connectivity index (χ1v) is 10.6. The number of nitrogens with zero attached hydrogens (tertiary/aromatic N) is 3. The molecule has 0 bridgehead atoms. The van der Waals surface area contributed by atoms with Crippen molar-refractivity contribution in [2.45, 2.75) is 11.7 Å². The third kappa shape index (κ3) is 4.83. The van der Waals surface area contributed by atoms with Crippen LogP contribution in [0.25, 0.3) is 11.3 Å². The monoisotopic (exact) mass is 433 g/mol. The second kappa shape index (κ2) is 9.57. The highest BCUT2D eigenvalue weighted by Crippen LogP contribution is 2.30. The summed E-state index contributed by atoms with van der Waals surface area (Å²) in [7, 11) is 0. The maximum absolute atomic E-state index is 13.9. The van der Waals surface area contributed by atoms with Crippen molar-refractivity contribution < 1.29 is 13.6 Å². The first-order valence-electron chi connectivity index (χ1n) is 9.74. The molecule has 2 aromatic carbocycles. The largest absolute Gasteiger partial charge is 0.455 e. The Morgan fingerprint density at radius 3 is 2.65 bits per heavy atom. The van der Waals surface area contributed by atoms with Crippen LogP contribution in [0.4, 0.5) is 4.39 Å². The Balaban J connectivity index is 1.49. The molecule has 1 fully saturated rings. The van der Waals surface area contributed by atoms with Crippen LogP contribution in [0.1, 0.15) is 11.3 Å². The molecule has 2 heterocycles. The molecule has 1 amide bonds. The molecule has 4 rings (SSSR count). The lowest BCUT2D eigenvalue weighted by Gasteiger charge is -2.12. The molecule has 0 radical (unpaired) electrons. The van der Waals surface area contributed by atoms with Gasteiger partial charge >= 0.3 is 0 Å². The summed E-state index contributed by atoms with van der Waals surface area (Å²) in [5, 5.41) is 8.58. The fourth-order valence-corrected chi connectivity index (χ4v) is 4.35. The first-order chi connectivity index (χ1) is 15.2. The molecule has 31 heavy (non-hydrogen) atoms. The number of hydrogen-bond donors (Lipinski definition) is 0. The molecule has 3 aromatic rings. The van der Waals surface area contributed by atoms with Crippen molar-refractivity contribution in [3.8, 4) is 11.3 Å². The molecule has 7 heteroatoms. The van der Waals surface area contributed by atoms with E-state index >= 15 is 0 Å². The van der Waals surface area contributed by atoms with Gasteiger partial charge in [0.25, 0.3) is 0 Å². The maximum Gasteiger partial charge on any atom is 0.242 e. The zero-order chi connectivity index (χ0) is 21.6. The van der Waals surface area contributed by atoms with E-state index in [0.717, 1.165) is 5.56 Å². The Morgan fingerprint density at radius 1 is 1.10 bits per heavy atom. The first kappa shape index (κ1) is 20.8. The van der Waals surface area contributed by atoms with Crippen LogP contribution >= 0.6 is 11.8 Å². The summed E-state index contributed by atoms with van der Waals surface area (Å²) < 4.78 is 19.6. The Bertz CT molecular complexity index is 1140. The fraction of sp³-hybridized carbons (Fsp3) is 0.125. The van der Waals surface area contributed by atoms with Gasteiger partial charge in [0.15, 0.2) is 5.17 Å². The predicted octanol–water partition coefficient (Wildman–Crippen LogP) is 5.15. The number of halogens is 1. The molecule has 5 nitrogen and oxygen atoms in total. The van der Waals surface area contributed by atoms with E-state index in [9.17, 15) is 9.18 Å². The fourth-order valence-electron chi connectivity index (χ4n) is 3.20. The van der Waals surface area contributed by atoms with Gasteiger partial charge in [0.2, 0.25) is 5.91 Å². The molecule has 1 aliphatic heterocycles. The number of benzene rings is 2. The van der Waals surface area contributed by atoms with E-state index in [1.54, 1.807) is 41.3 Å². The second-order valence-electron chi connectivity index (χ2n) is 6.84. The number of hydrogen-bond acceptors (Lipinski definition) is 5. The molecule has 0 saturated carbocycles. The Labute approximate surface area is 184 Å². The third-order valence-electron chi connectivity index (χ3n) is 4.69. The minimum Gasteiger partial charge on any atom is -0.455 e. The quantitative estimate of drug-likeness (QED) is 0.294. The van der Waals surface area contributed by atoms with Gasteiger partial charge in [-0.2, -0.15) is 5.10 Å². The highest BCUT2D eigenvalue weighted by Gasteiger charge is 2.37. The number of thioether (sulfide) groups is 1. The van der Waals surface area contributed by atoms with Gasteiger partial charge in [-0.3, -0.25) is 9.69 Å². The standard InChI is InChI=1S/C24H20FN3O2S/c1-2-14-28-23(29)22(15-17-8-4-3-5-9-17)31-24(28)27-26-16-18-12-13-21(30-18)19-10-6-7-11-20(19)25/h2-13,16,22H,1,14-15H2. The Morgan fingerprint density at radius 2 is 1.87 bits per heavy atom. The van der Waals surface area contributed by atoms with Crippen LogP contribution in [0.5, 0.6) is 0 Å². The molecule has 0 N–H and O–H groups in total. The number of carbonyl (C=O) groups excluding carboxylic acids is 1.